The molecule has 2 unspecified atom stereocenters. The maximum atomic E-state index is 11.7. The Morgan fingerprint density at radius 2 is 2.04 bits per heavy atom. The van der Waals surface area contributed by atoms with Crippen molar-refractivity contribution in [3.8, 4) is 5.75 Å². The standard InChI is InChI=1S/C19H24ClNO3S/c1-2-15(13-6-4-3-5-7-13)24-16-9-8-12(10-14(16)20)11-17-18(22)21-19(23)25-17/h8-10,13,15,17H,2-7,11H2,1H3,(H,21,22,23). The highest BCUT2D eigenvalue weighted by Gasteiger charge is 2.31. The van der Waals surface area contributed by atoms with Crippen molar-refractivity contribution >= 4 is 34.5 Å². The first-order chi connectivity index (χ1) is 12.1. The predicted octanol–water partition coefficient (Wildman–Crippen LogP) is 4.97. The van der Waals surface area contributed by atoms with Crippen LogP contribution in [0.25, 0.3) is 0 Å². The first kappa shape index (κ1) is 18.6. The number of halogens is 1. The summed E-state index contributed by atoms with van der Waals surface area (Å²) in [6, 6.07) is 5.68. The molecule has 1 aliphatic heterocycles. The average molecular weight is 382 g/mol. The van der Waals surface area contributed by atoms with Crippen molar-refractivity contribution in [2.24, 2.45) is 5.92 Å². The molecule has 136 valence electrons. The van der Waals surface area contributed by atoms with E-state index in [4.69, 9.17) is 16.3 Å². The Bertz CT molecular complexity index is 646. The second-order valence-electron chi connectivity index (χ2n) is 6.81. The van der Waals surface area contributed by atoms with E-state index in [-0.39, 0.29) is 22.5 Å². The molecular weight excluding hydrogens is 358 g/mol. The number of imide groups is 1. The molecule has 6 heteroatoms. The van der Waals surface area contributed by atoms with Crippen LogP contribution in [0.1, 0.15) is 51.0 Å². The van der Waals surface area contributed by atoms with Gasteiger partial charge in [-0.1, -0.05) is 55.6 Å². The van der Waals surface area contributed by atoms with Gasteiger partial charge in [-0.15, -0.1) is 0 Å². The van der Waals surface area contributed by atoms with E-state index in [0.717, 1.165) is 23.7 Å². The van der Waals surface area contributed by atoms with E-state index in [1.807, 2.05) is 18.2 Å². The van der Waals surface area contributed by atoms with Crippen molar-refractivity contribution in [3.05, 3.63) is 28.8 Å². The number of nitrogens with one attached hydrogen (secondary N) is 1. The van der Waals surface area contributed by atoms with E-state index in [1.165, 1.54) is 32.1 Å². The summed E-state index contributed by atoms with van der Waals surface area (Å²) in [7, 11) is 0. The van der Waals surface area contributed by atoms with Crippen molar-refractivity contribution < 1.29 is 14.3 Å². The molecule has 2 aliphatic rings. The topological polar surface area (TPSA) is 55.4 Å². The third kappa shape index (κ3) is 4.70. The Labute approximate surface area is 158 Å². The van der Waals surface area contributed by atoms with Crippen LogP contribution in [0.4, 0.5) is 4.79 Å². The summed E-state index contributed by atoms with van der Waals surface area (Å²) in [5.74, 6) is 1.09. The van der Waals surface area contributed by atoms with Gasteiger partial charge in [0.1, 0.15) is 11.9 Å². The first-order valence-corrected chi connectivity index (χ1v) is 10.3. The molecule has 0 aromatic heterocycles. The molecule has 1 saturated heterocycles. The molecule has 4 nitrogen and oxygen atoms in total. The first-order valence-electron chi connectivity index (χ1n) is 9.03. The minimum Gasteiger partial charge on any atom is -0.489 e. The van der Waals surface area contributed by atoms with Crippen LogP contribution in [-0.2, 0) is 11.2 Å². The van der Waals surface area contributed by atoms with Crippen LogP contribution in [0.3, 0.4) is 0 Å². The van der Waals surface area contributed by atoms with Gasteiger partial charge < -0.3 is 4.74 Å². The maximum Gasteiger partial charge on any atom is 0.286 e. The second-order valence-corrected chi connectivity index (χ2v) is 8.40. The fraction of sp³-hybridized carbons (Fsp3) is 0.579. The molecule has 1 saturated carbocycles. The summed E-state index contributed by atoms with van der Waals surface area (Å²) in [4.78, 5) is 23.0. The van der Waals surface area contributed by atoms with Crippen LogP contribution in [0.15, 0.2) is 18.2 Å². The van der Waals surface area contributed by atoms with Gasteiger partial charge in [-0.3, -0.25) is 14.9 Å². The molecule has 2 fully saturated rings. The monoisotopic (exact) mass is 381 g/mol. The number of benzene rings is 1. The number of amides is 2. The van der Waals surface area contributed by atoms with Crippen LogP contribution in [0.2, 0.25) is 5.02 Å². The van der Waals surface area contributed by atoms with E-state index >= 15 is 0 Å². The van der Waals surface area contributed by atoms with Gasteiger partial charge in [0, 0.05) is 0 Å². The van der Waals surface area contributed by atoms with Gasteiger partial charge in [0.25, 0.3) is 5.24 Å². The summed E-state index contributed by atoms with van der Waals surface area (Å²) in [6.07, 6.45) is 8.04. The van der Waals surface area contributed by atoms with E-state index < -0.39 is 0 Å². The molecule has 3 rings (SSSR count). The van der Waals surface area contributed by atoms with Crippen molar-refractivity contribution in [3.63, 3.8) is 0 Å². The Morgan fingerprint density at radius 3 is 2.64 bits per heavy atom. The highest BCUT2D eigenvalue weighted by molar-refractivity contribution is 8.15. The summed E-state index contributed by atoms with van der Waals surface area (Å²) in [6.45, 7) is 2.16. The summed E-state index contributed by atoms with van der Waals surface area (Å²) < 4.78 is 6.23. The highest BCUT2D eigenvalue weighted by atomic mass is 35.5. The fourth-order valence-electron chi connectivity index (χ4n) is 3.69. The van der Waals surface area contributed by atoms with Gasteiger partial charge in [0.15, 0.2) is 0 Å². The molecule has 0 radical (unpaired) electrons. The molecule has 1 aromatic rings. The third-order valence-electron chi connectivity index (χ3n) is 5.04. The van der Waals surface area contributed by atoms with E-state index in [2.05, 4.69) is 12.2 Å². The summed E-state index contributed by atoms with van der Waals surface area (Å²) >= 11 is 7.46. The van der Waals surface area contributed by atoms with Gasteiger partial charge >= 0.3 is 0 Å². The summed E-state index contributed by atoms with van der Waals surface area (Å²) in [5.41, 5.74) is 0.936. The Hall–Kier alpha value is -1.20. The zero-order valence-corrected chi connectivity index (χ0v) is 16.0. The number of hydrogen-bond donors (Lipinski definition) is 1. The third-order valence-corrected chi connectivity index (χ3v) is 6.32. The van der Waals surface area contributed by atoms with E-state index in [1.54, 1.807) is 0 Å². The molecule has 25 heavy (non-hydrogen) atoms. The van der Waals surface area contributed by atoms with Gasteiger partial charge in [-0.05, 0) is 49.3 Å². The van der Waals surface area contributed by atoms with Crippen LogP contribution in [0.5, 0.6) is 5.75 Å². The molecule has 2 amide bonds. The highest BCUT2D eigenvalue weighted by Crippen LogP contribution is 2.34. The second kappa shape index (κ2) is 8.45. The van der Waals surface area contributed by atoms with Gasteiger partial charge in [0.2, 0.25) is 5.91 Å². The van der Waals surface area contributed by atoms with E-state index in [0.29, 0.717) is 23.1 Å². The maximum absolute atomic E-state index is 11.7. The van der Waals surface area contributed by atoms with Crippen LogP contribution in [0, 0.1) is 5.92 Å². The number of carbonyl (C=O) groups is 2. The number of thioether (sulfide) groups is 1. The molecule has 1 aliphatic carbocycles. The lowest BCUT2D eigenvalue weighted by atomic mass is 9.84. The van der Waals surface area contributed by atoms with Gasteiger partial charge in [-0.2, -0.15) is 0 Å². The molecule has 1 heterocycles. The van der Waals surface area contributed by atoms with Crippen molar-refractivity contribution in [2.75, 3.05) is 0 Å². The Morgan fingerprint density at radius 1 is 1.28 bits per heavy atom. The van der Waals surface area contributed by atoms with Crippen LogP contribution in [-0.4, -0.2) is 22.5 Å². The molecule has 0 spiro atoms. The molecular formula is C19H24ClNO3S. The number of carbonyl (C=O) groups excluding carboxylic acids is 2. The quantitative estimate of drug-likeness (QED) is 0.755. The van der Waals surface area contributed by atoms with Crippen molar-refractivity contribution in [1.29, 1.82) is 0 Å². The zero-order valence-electron chi connectivity index (χ0n) is 14.4. The molecule has 1 N–H and O–H groups in total. The smallest absolute Gasteiger partial charge is 0.286 e. The van der Waals surface area contributed by atoms with Crippen LogP contribution >= 0.6 is 23.4 Å². The van der Waals surface area contributed by atoms with Gasteiger partial charge in [-0.25, -0.2) is 0 Å². The van der Waals surface area contributed by atoms with Crippen molar-refractivity contribution in [1.82, 2.24) is 5.32 Å². The zero-order chi connectivity index (χ0) is 17.8. The molecule has 1 aromatic carbocycles. The number of rotatable bonds is 6. The normalized spacial score (nSPS) is 22.7. The number of ether oxygens (including phenoxy) is 1. The van der Waals surface area contributed by atoms with Crippen molar-refractivity contribution in [2.45, 2.75) is 63.2 Å². The lowest BCUT2D eigenvalue weighted by Gasteiger charge is -2.30. The minimum atomic E-state index is -0.374. The molecule has 0 bridgehead atoms. The largest absolute Gasteiger partial charge is 0.489 e. The van der Waals surface area contributed by atoms with E-state index in [9.17, 15) is 9.59 Å². The fourth-order valence-corrected chi connectivity index (χ4v) is 4.80. The SMILES string of the molecule is CCC(Oc1ccc(CC2SC(=O)NC2=O)cc1Cl)C1CCCCC1. The minimum absolute atomic E-state index is 0.206. The Kier molecular flexibility index (Phi) is 6.29. The lowest BCUT2D eigenvalue weighted by molar-refractivity contribution is -0.118. The number of hydrogen-bond acceptors (Lipinski definition) is 4. The van der Waals surface area contributed by atoms with Gasteiger partial charge in [0.05, 0.1) is 10.3 Å². The molecule has 2 atom stereocenters. The average Bonchev–Trinajstić information content (AvgIpc) is 2.92. The van der Waals surface area contributed by atoms with Crippen LogP contribution < -0.4 is 10.1 Å². The summed E-state index contributed by atoms with van der Waals surface area (Å²) in [5, 5.41) is 2.23. The Balaban J connectivity index is 1.64. The lowest BCUT2D eigenvalue weighted by Crippen LogP contribution is -2.28. The predicted molar refractivity (Wildman–Crippen MR) is 101 cm³/mol.